The van der Waals surface area contributed by atoms with Crippen LogP contribution in [0.5, 0.6) is 0 Å². The SMILES string of the molecule is CCCN(CC1CCCN1)C(=O)c1cc(Br)cn1C. The molecule has 4 nitrogen and oxygen atoms in total. The first-order valence-corrected chi connectivity index (χ1v) is 7.75. The second-order valence-corrected chi connectivity index (χ2v) is 6.11. The van der Waals surface area contributed by atoms with Crippen molar-refractivity contribution in [2.75, 3.05) is 19.6 Å². The number of hydrogen-bond acceptors (Lipinski definition) is 2. The van der Waals surface area contributed by atoms with Crippen LogP contribution in [-0.4, -0.2) is 41.1 Å². The molecule has 5 heteroatoms. The molecule has 0 aromatic carbocycles. The van der Waals surface area contributed by atoms with Crippen molar-refractivity contribution in [1.29, 1.82) is 0 Å². The Morgan fingerprint density at radius 3 is 2.95 bits per heavy atom. The summed E-state index contributed by atoms with van der Waals surface area (Å²) in [4.78, 5) is 14.6. The Hall–Kier alpha value is -0.810. The molecule has 1 aromatic heterocycles. The second kappa shape index (κ2) is 6.57. The summed E-state index contributed by atoms with van der Waals surface area (Å²) < 4.78 is 2.84. The summed E-state index contributed by atoms with van der Waals surface area (Å²) >= 11 is 3.42. The number of carbonyl (C=O) groups is 1. The van der Waals surface area contributed by atoms with Gasteiger partial charge in [0.25, 0.3) is 5.91 Å². The van der Waals surface area contributed by atoms with Gasteiger partial charge >= 0.3 is 0 Å². The summed E-state index contributed by atoms with van der Waals surface area (Å²) in [5, 5.41) is 3.46. The van der Waals surface area contributed by atoms with Gasteiger partial charge in [-0.1, -0.05) is 6.92 Å². The molecule has 19 heavy (non-hydrogen) atoms. The van der Waals surface area contributed by atoms with Gasteiger partial charge in [-0.3, -0.25) is 4.79 Å². The monoisotopic (exact) mass is 327 g/mol. The van der Waals surface area contributed by atoms with Crippen LogP contribution in [0.15, 0.2) is 16.7 Å². The lowest BCUT2D eigenvalue weighted by atomic mass is 10.2. The molecule has 1 aliphatic heterocycles. The quantitative estimate of drug-likeness (QED) is 0.901. The maximum atomic E-state index is 12.6. The van der Waals surface area contributed by atoms with Gasteiger partial charge in [-0.15, -0.1) is 0 Å². The molecular weight excluding hydrogens is 306 g/mol. The Balaban J connectivity index is 2.08. The number of amides is 1. The van der Waals surface area contributed by atoms with Crippen LogP contribution in [-0.2, 0) is 7.05 Å². The minimum Gasteiger partial charge on any atom is -0.345 e. The molecule has 1 fully saturated rings. The van der Waals surface area contributed by atoms with E-state index < -0.39 is 0 Å². The van der Waals surface area contributed by atoms with E-state index in [1.807, 2.05) is 28.8 Å². The van der Waals surface area contributed by atoms with Gasteiger partial charge < -0.3 is 14.8 Å². The van der Waals surface area contributed by atoms with Crippen LogP contribution in [0, 0.1) is 0 Å². The minimum absolute atomic E-state index is 0.128. The van der Waals surface area contributed by atoms with E-state index in [2.05, 4.69) is 28.2 Å². The van der Waals surface area contributed by atoms with E-state index in [1.165, 1.54) is 12.8 Å². The molecule has 0 spiro atoms. The highest BCUT2D eigenvalue weighted by Crippen LogP contribution is 2.17. The van der Waals surface area contributed by atoms with Crippen LogP contribution in [0.4, 0.5) is 0 Å². The minimum atomic E-state index is 0.128. The maximum Gasteiger partial charge on any atom is 0.270 e. The summed E-state index contributed by atoms with van der Waals surface area (Å²) in [7, 11) is 1.91. The van der Waals surface area contributed by atoms with E-state index in [1.54, 1.807) is 0 Å². The molecule has 2 heterocycles. The Morgan fingerprint density at radius 2 is 2.42 bits per heavy atom. The number of aromatic nitrogens is 1. The number of halogens is 1. The lowest BCUT2D eigenvalue weighted by molar-refractivity contribution is 0.0732. The molecule has 2 rings (SSSR count). The second-order valence-electron chi connectivity index (χ2n) is 5.20. The number of rotatable bonds is 5. The number of nitrogens with one attached hydrogen (secondary N) is 1. The van der Waals surface area contributed by atoms with Crippen molar-refractivity contribution in [3.05, 3.63) is 22.4 Å². The molecule has 1 aromatic rings. The Labute approximate surface area is 123 Å². The van der Waals surface area contributed by atoms with Crippen molar-refractivity contribution in [1.82, 2.24) is 14.8 Å². The van der Waals surface area contributed by atoms with Crippen molar-refractivity contribution in [3.63, 3.8) is 0 Å². The molecular formula is C14H22BrN3O. The van der Waals surface area contributed by atoms with Crippen LogP contribution in [0.3, 0.4) is 0 Å². The third kappa shape index (κ3) is 3.60. The number of hydrogen-bond donors (Lipinski definition) is 1. The molecule has 1 atom stereocenters. The molecule has 1 aliphatic rings. The van der Waals surface area contributed by atoms with Gasteiger partial charge in [-0.2, -0.15) is 0 Å². The van der Waals surface area contributed by atoms with E-state index in [0.717, 1.165) is 36.2 Å². The molecule has 1 amide bonds. The summed E-state index contributed by atoms with van der Waals surface area (Å²) in [6.45, 7) is 4.83. The topological polar surface area (TPSA) is 37.3 Å². The van der Waals surface area contributed by atoms with E-state index >= 15 is 0 Å². The Kier molecular flexibility index (Phi) is 5.05. The fourth-order valence-electron chi connectivity index (χ4n) is 2.62. The highest BCUT2D eigenvalue weighted by atomic mass is 79.9. The van der Waals surface area contributed by atoms with Crippen molar-refractivity contribution < 1.29 is 4.79 Å². The zero-order valence-corrected chi connectivity index (χ0v) is 13.2. The molecule has 0 saturated carbocycles. The average Bonchev–Trinajstić information content (AvgIpc) is 2.97. The van der Waals surface area contributed by atoms with E-state index in [9.17, 15) is 4.79 Å². The highest BCUT2D eigenvalue weighted by Gasteiger charge is 2.23. The third-order valence-electron chi connectivity index (χ3n) is 3.57. The van der Waals surface area contributed by atoms with Crippen molar-refractivity contribution >= 4 is 21.8 Å². The maximum absolute atomic E-state index is 12.6. The average molecular weight is 328 g/mol. The van der Waals surface area contributed by atoms with Crippen LogP contribution in [0.2, 0.25) is 0 Å². The fourth-order valence-corrected chi connectivity index (χ4v) is 3.15. The molecule has 0 radical (unpaired) electrons. The van der Waals surface area contributed by atoms with Crippen LogP contribution in [0.1, 0.15) is 36.7 Å². The molecule has 1 unspecified atom stereocenters. The van der Waals surface area contributed by atoms with Crippen molar-refractivity contribution in [2.45, 2.75) is 32.2 Å². The van der Waals surface area contributed by atoms with Gasteiger partial charge in [0.05, 0.1) is 0 Å². The van der Waals surface area contributed by atoms with Crippen LogP contribution < -0.4 is 5.32 Å². The third-order valence-corrected chi connectivity index (χ3v) is 4.01. The standard InChI is InChI=1S/C14H22BrN3O/c1-3-7-18(10-12-5-4-6-16-12)14(19)13-8-11(15)9-17(13)2/h8-9,12,16H,3-7,10H2,1-2H3. The lowest BCUT2D eigenvalue weighted by Gasteiger charge is -2.25. The van der Waals surface area contributed by atoms with E-state index in [-0.39, 0.29) is 5.91 Å². The number of nitrogens with zero attached hydrogens (tertiary/aromatic N) is 2. The summed E-state index contributed by atoms with van der Waals surface area (Å²) in [5.41, 5.74) is 0.748. The first kappa shape index (κ1) is 14.6. The van der Waals surface area contributed by atoms with Crippen molar-refractivity contribution in [3.8, 4) is 0 Å². The van der Waals surface area contributed by atoms with Gasteiger partial charge in [0.1, 0.15) is 5.69 Å². The predicted molar refractivity (Wildman–Crippen MR) is 80.3 cm³/mol. The number of carbonyl (C=O) groups excluding carboxylic acids is 1. The van der Waals surface area contributed by atoms with Gasteiger partial charge in [0.15, 0.2) is 0 Å². The molecule has 1 saturated heterocycles. The first-order valence-electron chi connectivity index (χ1n) is 6.96. The molecule has 0 bridgehead atoms. The zero-order valence-electron chi connectivity index (χ0n) is 11.7. The summed E-state index contributed by atoms with van der Waals surface area (Å²) in [6.07, 6.45) is 5.30. The Bertz CT molecular complexity index is 438. The highest BCUT2D eigenvalue weighted by molar-refractivity contribution is 9.10. The molecule has 1 N–H and O–H groups in total. The van der Waals surface area contributed by atoms with Gasteiger partial charge in [-0.25, -0.2) is 0 Å². The molecule has 0 aliphatic carbocycles. The van der Waals surface area contributed by atoms with Crippen LogP contribution >= 0.6 is 15.9 Å². The van der Waals surface area contributed by atoms with Gasteiger partial charge in [0.2, 0.25) is 0 Å². The van der Waals surface area contributed by atoms with Gasteiger partial charge in [0, 0.05) is 36.8 Å². The Morgan fingerprint density at radius 1 is 1.63 bits per heavy atom. The fraction of sp³-hybridized carbons (Fsp3) is 0.643. The normalized spacial score (nSPS) is 18.8. The zero-order chi connectivity index (χ0) is 13.8. The largest absolute Gasteiger partial charge is 0.345 e. The predicted octanol–water partition coefficient (Wildman–Crippen LogP) is 2.39. The van der Waals surface area contributed by atoms with E-state index in [0.29, 0.717) is 6.04 Å². The smallest absolute Gasteiger partial charge is 0.270 e. The van der Waals surface area contributed by atoms with Crippen LogP contribution in [0.25, 0.3) is 0 Å². The summed E-state index contributed by atoms with van der Waals surface area (Å²) in [5.74, 6) is 0.128. The summed E-state index contributed by atoms with van der Waals surface area (Å²) in [6, 6.07) is 2.35. The van der Waals surface area contributed by atoms with E-state index in [4.69, 9.17) is 0 Å². The lowest BCUT2D eigenvalue weighted by Crippen LogP contribution is -2.42. The number of aryl methyl sites for hydroxylation is 1. The molecule has 106 valence electrons. The van der Waals surface area contributed by atoms with Crippen molar-refractivity contribution in [2.24, 2.45) is 7.05 Å². The first-order chi connectivity index (χ1) is 9.11. The van der Waals surface area contributed by atoms with Gasteiger partial charge in [-0.05, 0) is 47.8 Å².